The molecule has 2 aliphatic heterocycles. The Hall–Kier alpha value is -4.51. The molecule has 2 aliphatic rings. The van der Waals surface area contributed by atoms with Crippen LogP contribution >= 0.6 is 0 Å². The molecule has 12 nitrogen and oxygen atoms in total. The number of nitrogens with zero attached hydrogens (tertiary/aromatic N) is 4. The maximum Gasteiger partial charge on any atom is 0.449 e. The number of aromatic nitrogens is 2. The topological polar surface area (TPSA) is 146 Å². The molecule has 4 amide bonds. The van der Waals surface area contributed by atoms with Gasteiger partial charge in [0.05, 0.1) is 12.2 Å². The Kier molecular flexibility index (Phi) is 10.3. The fraction of sp³-hybridized carbons (Fsp3) is 0.552. The van der Waals surface area contributed by atoms with Crippen LogP contribution in [-0.2, 0) is 35.2 Å². The van der Waals surface area contributed by atoms with E-state index in [1.807, 2.05) is 0 Å². The Morgan fingerprint density at radius 1 is 1.02 bits per heavy atom. The van der Waals surface area contributed by atoms with Crippen molar-refractivity contribution in [2.75, 3.05) is 19.6 Å². The van der Waals surface area contributed by atoms with Gasteiger partial charge in [-0.25, -0.2) is 27.7 Å². The van der Waals surface area contributed by atoms with Gasteiger partial charge in [0.15, 0.2) is 17.3 Å². The molecule has 3 N–H and O–H groups in total. The highest BCUT2D eigenvalue weighted by Gasteiger charge is 2.43. The maximum atomic E-state index is 14.5. The van der Waals surface area contributed by atoms with Gasteiger partial charge in [-0.05, 0) is 51.7 Å². The Bertz CT molecular complexity index is 1540. The van der Waals surface area contributed by atoms with Gasteiger partial charge in [-0.2, -0.15) is 13.2 Å². The van der Waals surface area contributed by atoms with Gasteiger partial charge in [-0.3, -0.25) is 9.59 Å². The van der Waals surface area contributed by atoms with Gasteiger partial charge in [-0.15, -0.1) is 0 Å². The number of carbonyl (C=O) groups is 4. The van der Waals surface area contributed by atoms with Crippen LogP contribution in [0.1, 0.15) is 67.6 Å². The molecule has 2 aromatic rings. The number of nitrogens with one attached hydrogen (secondary N) is 2. The molecule has 4 rings (SSSR count). The van der Waals surface area contributed by atoms with Gasteiger partial charge in [0.25, 0.3) is 5.91 Å². The quantitative estimate of drug-likeness (QED) is 0.296. The Morgan fingerprint density at radius 2 is 1.70 bits per heavy atom. The molecule has 47 heavy (non-hydrogen) atoms. The number of halogens is 6. The van der Waals surface area contributed by atoms with Gasteiger partial charge < -0.3 is 34.8 Å². The van der Waals surface area contributed by atoms with Crippen molar-refractivity contribution in [1.82, 2.24) is 30.0 Å². The Morgan fingerprint density at radius 3 is 2.34 bits per heavy atom. The number of imidazole rings is 1. The summed E-state index contributed by atoms with van der Waals surface area (Å²) in [5.74, 6) is -6.84. The predicted molar refractivity (Wildman–Crippen MR) is 151 cm³/mol. The second kappa shape index (κ2) is 13.7. The number of hydrogen-bond donors (Lipinski definition) is 3. The van der Waals surface area contributed by atoms with Crippen LogP contribution in [-0.4, -0.2) is 85.8 Å². The SMILES string of the molecule is CC(C)(C)OC(=O)NC(CC(=O)N1CCn2c(C(F)(F)F)nc(C(=O)N3CCC[C@@H](NC(=O)O)C3)c2C1)Cc1cc(F)c(F)cc1F. The lowest BCUT2D eigenvalue weighted by atomic mass is 10.0. The van der Waals surface area contributed by atoms with Gasteiger partial charge in [0.1, 0.15) is 11.4 Å². The average molecular weight is 677 g/mol. The molecule has 1 aromatic carbocycles. The molecule has 1 saturated heterocycles. The molecule has 0 saturated carbocycles. The smallest absolute Gasteiger partial charge is 0.449 e. The van der Waals surface area contributed by atoms with Crippen molar-refractivity contribution in [3.05, 3.63) is 52.4 Å². The normalized spacial score (nSPS) is 17.5. The predicted octanol–water partition coefficient (Wildman–Crippen LogP) is 4.06. The number of carbonyl (C=O) groups excluding carboxylic acids is 3. The minimum absolute atomic E-state index is 0.0972. The number of benzene rings is 1. The van der Waals surface area contributed by atoms with E-state index >= 15 is 0 Å². The minimum atomic E-state index is -4.94. The summed E-state index contributed by atoms with van der Waals surface area (Å²) in [6.07, 6.45) is -7.46. The second-order valence-electron chi connectivity index (χ2n) is 12.3. The van der Waals surface area contributed by atoms with Crippen LogP contribution in [0.5, 0.6) is 0 Å². The van der Waals surface area contributed by atoms with E-state index in [9.17, 15) is 45.5 Å². The molecule has 1 fully saturated rings. The van der Waals surface area contributed by atoms with Crippen molar-refractivity contribution in [2.45, 2.75) is 83.4 Å². The molecule has 1 aromatic heterocycles. The van der Waals surface area contributed by atoms with Crippen molar-refractivity contribution < 1.29 is 55.4 Å². The lowest BCUT2D eigenvalue weighted by molar-refractivity contribution is -0.148. The fourth-order valence-electron chi connectivity index (χ4n) is 5.55. The molecule has 0 bridgehead atoms. The number of carboxylic acid groups (broad SMARTS) is 1. The van der Waals surface area contributed by atoms with E-state index in [-0.39, 0.29) is 37.4 Å². The first kappa shape index (κ1) is 35.3. The third kappa shape index (κ3) is 8.85. The summed E-state index contributed by atoms with van der Waals surface area (Å²) < 4.78 is 89.8. The summed E-state index contributed by atoms with van der Waals surface area (Å²) in [6, 6.07) is -0.950. The number of alkyl carbamates (subject to hydrolysis) is 1. The lowest BCUT2D eigenvalue weighted by Gasteiger charge is -2.33. The molecular weight excluding hydrogens is 642 g/mol. The van der Waals surface area contributed by atoms with Crippen LogP contribution in [0.4, 0.5) is 35.9 Å². The first-order valence-corrected chi connectivity index (χ1v) is 14.7. The zero-order valence-corrected chi connectivity index (χ0v) is 25.7. The summed E-state index contributed by atoms with van der Waals surface area (Å²) in [5.41, 5.74) is -2.06. The maximum absolute atomic E-state index is 14.5. The van der Waals surface area contributed by atoms with E-state index in [0.717, 1.165) is 9.47 Å². The molecule has 18 heteroatoms. The number of ether oxygens (including phenoxy) is 1. The summed E-state index contributed by atoms with van der Waals surface area (Å²) in [4.78, 5) is 56.6. The van der Waals surface area contributed by atoms with E-state index in [0.29, 0.717) is 25.0 Å². The molecule has 0 radical (unpaired) electrons. The zero-order valence-electron chi connectivity index (χ0n) is 25.7. The van der Waals surface area contributed by atoms with E-state index in [4.69, 9.17) is 9.84 Å². The average Bonchev–Trinajstić information content (AvgIpc) is 3.34. The van der Waals surface area contributed by atoms with Crippen molar-refractivity contribution in [3.63, 3.8) is 0 Å². The van der Waals surface area contributed by atoms with Crippen molar-refractivity contribution >= 4 is 24.0 Å². The summed E-state index contributed by atoms with van der Waals surface area (Å²) in [6.45, 7) is 3.64. The van der Waals surface area contributed by atoms with Crippen LogP contribution < -0.4 is 10.6 Å². The van der Waals surface area contributed by atoms with Crippen LogP contribution in [0.2, 0.25) is 0 Å². The number of amides is 4. The molecule has 2 atom stereocenters. The van der Waals surface area contributed by atoms with Crippen LogP contribution in [0.15, 0.2) is 12.1 Å². The second-order valence-corrected chi connectivity index (χ2v) is 12.3. The van der Waals surface area contributed by atoms with Gasteiger partial charge in [0, 0.05) is 50.7 Å². The summed E-state index contributed by atoms with van der Waals surface area (Å²) >= 11 is 0. The Balaban J connectivity index is 1.58. The van der Waals surface area contributed by atoms with Crippen LogP contribution in [0.25, 0.3) is 0 Å². The highest BCUT2D eigenvalue weighted by atomic mass is 19.4. The first-order valence-electron chi connectivity index (χ1n) is 14.7. The molecule has 3 heterocycles. The van der Waals surface area contributed by atoms with Crippen molar-refractivity contribution in [2.24, 2.45) is 0 Å². The van der Waals surface area contributed by atoms with E-state index < -0.39 is 96.2 Å². The van der Waals surface area contributed by atoms with E-state index in [1.165, 1.54) is 4.90 Å². The minimum Gasteiger partial charge on any atom is -0.465 e. The number of fused-ring (bicyclic) bond motifs is 1. The molecule has 1 unspecified atom stereocenters. The zero-order chi connectivity index (χ0) is 34.8. The Labute approximate surface area is 265 Å². The summed E-state index contributed by atoms with van der Waals surface area (Å²) in [7, 11) is 0. The molecule has 0 spiro atoms. The highest BCUT2D eigenvalue weighted by molar-refractivity contribution is 5.94. The van der Waals surface area contributed by atoms with Crippen molar-refractivity contribution in [1.29, 1.82) is 0 Å². The number of piperidine rings is 1. The van der Waals surface area contributed by atoms with E-state index in [2.05, 4.69) is 15.6 Å². The molecule has 0 aliphatic carbocycles. The van der Waals surface area contributed by atoms with Crippen molar-refractivity contribution in [3.8, 4) is 0 Å². The number of likely N-dealkylation sites (tertiary alicyclic amines) is 1. The summed E-state index contributed by atoms with van der Waals surface area (Å²) in [5, 5.41) is 13.7. The van der Waals surface area contributed by atoms with Gasteiger partial charge in [0.2, 0.25) is 11.7 Å². The van der Waals surface area contributed by atoms with Gasteiger partial charge in [-0.1, -0.05) is 0 Å². The fourth-order valence-corrected chi connectivity index (χ4v) is 5.55. The first-order chi connectivity index (χ1) is 21.8. The largest absolute Gasteiger partial charge is 0.465 e. The lowest BCUT2D eigenvalue weighted by Crippen LogP contribution is -2.49. The third-order valence-electron chi connectivity index (χ3n) is 7.55. The van der Waals surface area contributed by atoms with E-state index in [1.54, 1.807) is 20.8 Å². The molecule has 258 valence electrons. The van der Waals surface area contributed by atoms with Crippen LogP contribution in [0.3, 0.4) is 0 Å². The van der Waals surface area contributed by atoms with Crippen LogP contribution in [0, 0.1) is 17.5 Å². The standard InChI is InChI=1S/C29H34F6N6O6/c1-28(2,3)47-27(46)37-17(9-15-10-19(31)20(32)12-18(15)30)11-22(42)39-7-8-41-21(14-39)23(38-25(41)29(33,34)35)24(43)40-6-4-5-16(13-40)36-26(44)45/h10,12,16-17,36H,4-9,11,13-14H2,1-3H3,(H,37,46)(H,44,45)/t16-,17?/m1/s1. The monoisotopic (exact) mass is 676 g/mol. The third-order valence-corrected chi connectivity index (χ3v) is 7.55. The van der Waals surface area contributed by atoms with Gasteiger partial charge >= 0.3 is 18.4 Å². The number of rotatable bonds is 7. The highest BCUT2D eigenvalue weighted by Crippen LogP contribution is 2.33. The number of alkyl halides is 3. The number of hydrogen-bond acceptors (Lipinski definition) is 6. The molecular formula is C29H34F6N6O6.